The van der Waals surface area contributed by atoms with Gasteiger partial charge in [0.1, 0.15) is 17.2 Å². The Kier molecular flexibility index (Phi) is 6.42. The highest BCUT2D eigenvalue weighted by Crippen LogP contribution is 2.38. The van der Waals surface area contributed by atoms with Gasteiger partial charge in [0.25, 0.3) is 11.8 Å². The van der Waals surface area contributed by atoms with Gasteiger partial charge in [-0.25, -0.2) is 4.90 Å². The van der Waals surface area contributed by atoms with E-state index < -0.39 is 11.8 Å². The van der Waals surface area contributed by atoms with Gasteiger partial charge in [-0.3, -0.25) is 9.59 Å². The summed E-state index contributed by atoms with van der Waals surface area (Å²) in [5.41, 5.74) is 1.48. The molecular formula is C23H26N2O5. The van der Waals surface area contributed by atoms with Gasteiger partial charge < -0.3 is 19.5 Å². The molecule has 1 N–H and O–H groups in total. The van der Waals surface area contributed by atoms with Crippen molar-refractivity contribution in [2.45, 2.75) is 20.0 Å². The Balaban J connectivity index is 2.08. The first-order chi connectivity index (χ1) is 14.4. The number of carbonyl (C=O) groups is 2. The van der Waals surface area contributed by atoms with Crippen molar-refractivity contribution in [2.75, 3.05) is 32.2 Å². The quantitative estimate of drug-likeness (QED) is 0.674. The molecule has 0 saturated carbocycles. The molecular weight excluding hydrogens is 384 g/mol. The molecule has 2 amide bonds. The van der Waals surface area contributed by atoms with Crippen LogP contribution < -0.4 is 14.4 Å². The monoisotopic (exact) mass is 410 g/mol. The highest BCUT2D eigenvalue weighted by Gasteiger charge is 2.42. The first kappa shape index (κ1) is 21.4. The summed E-state index contributed by atoms with van der Waals surface area (Å²) in [4.78, 5) is 29.5. The Bertz CT molecular complexity index is 966. The summed E-state index contributed by atoms with van der Waals surface area (Å²) in [5, 5.41) is 9.38. The minimum absolute atomic E-state index is 0.0250. The van der Waals surface area contributed by atoms with Crippen molar-refractivity contribution >= 4 is 23.1 Å². The van der Waals surface area contributed by atoms with Crippen molar-refractivity contribution in [1.82, 2.24) is 4.90 Å². The second kappa shape index (κ2) is 9.00. The van der Waals surface area contributed by atoms with Crippen LogP contribution in [0.25, 0.3) is 5.57 Å². The lowest BCUT2D eigenvalue weighted by molar-refractivity contribution is -0.120. The number of methoxy groups -OCH3 is 1. The summed E-state index contributed by atoms with van der Waals surface area (Å²) in [7, 11) is 3.17. The number of para-hydroxylation sites is 2. The SMILES string of the molecule is COc1ccccc1N1C(=O)C(c2ccc(OC(C)C)cc2)=C(N(C)CCO)C1=O. The smallest absolute Gasteiger partial charge is 0.282 e. The second-order valence-electron chi connectivity index (χ2n) is 7.18. The third kappa shape index (κ3) is 4.02. The van der Waals surface area contributed by atoms with E-state index >= 15 is 0 Å². The van der Waals surface area contributed by atoms with Gasteiger partial charge in [-0.2, -0.15) is 0 Å². The summed E-state index contributed by atoms with van der Waals surface area (Å²) in [6.45, 7) is 3.93. The highest BCUT2D eigenvalue weighted by molar-refractivity contribution is 6.45. The molecule has 7 heteroatoms. The van der Waals surface area contributed by atoms with Gasteiger partial charge in [0, 0.05) is 13.6 Å². The topological polar surface area (TPSA) is 79.3 Å². The van der Waals surface area contributed by atoms with Crippen molar-refractivity contribution in [3.8, 4) is 11.5 Å². The number of imide groups is 1. The maximum atomic E-state index is 13.4. The summed E-state index contributed by atoms with van der Waals surface area (Å²) in [6.07, 6.45) is 0.0250. The predicted octanol–water partition coefficient (Wildman–Crippen LogP) is 2.69. The van der Waals surface area contributed by atoms with Gasteiger partial charge >= 0.3 is 0 Å². The molecule has 0 aromatic heterocycles. The van der Waals surface area contributed by atoms with Crippen molar-refractivity contribution in [3.05, 3.63) is 59.8 Å². The molecule has 30 heavy (non-hydrogen) atoms. The third-order valence-electron chi connectivity index (χ3n) is 4.72. The number of anilines is 1. The second-order valence-corrected chi connectivity index (χ2v) is 7.18. The number of hydrogen-bond donors (Lipinski definition) is 1. The van der Waals surface area contributed by atoms with E-state index in [0.29, 0.717) is 22.7 Å². The van der Waals surface area contributed by atoms with E-state index in [1.165, 1.54) is 7.11 Å². The van der Waals surface area contributed by atoms with Crippen molar-refractivity contribution in [3.63, 3.8) is 0 Å². The molecule has 0 saturated heterocycles. The molecule has 158 valence electrons. The average Bonchev–Trinajstić information content (AvgIpc) is 2.98. The Morgan fingerprint density at radius 3 is 2.30 bits per heavy atom. The summed E-state index contributed by atoms with van der Waals surface area (Å²) in [5.74, 6) is 0.197. The largest absolute Gasteiger partial charge is 0.495 e. The Labute approximate surface area is 176 Å². The summed E-state index contributed by atoms with van der Waals surface area (Å²) >= 11 is 0. The van der Waals surface area contributed by atoms with E-state index in [9.17, 15) is 14.7 Å². The van der Waals surface area contributed by atoms with Gasteiger partial charge in [0.2, 0.25) is 0 Å². The van der Waals surface area contributed by atoms with Crippen LogP contribution in [0.2, 0.25) is 0 Å². The molecule has 0 aliphatic carbocycles. The van der Waals surface area contributed by atoms with Crippen LogP contribution in [0.4, 0.5) is 5.69 Å². The molecule has 1 heterocycles. The Morgan fingerprint density at radius 2 is 1.70 bits per heavy atom. The van der Waals surface area contributed by atoms with E-state index in [2.05, 4.69) is 0 Å². The number of aliphatic hydroxyl groups is 1. The molecule has 1 aliphatic heterocycles. The first-order valence-corrected chi connectivity index (χ1v) is 9.74. The van der Waals surface area contributed by atoms with Crippen LogP contribution in [-0.4, -0.2) is 55.2 Å². The van der Waals surface area contributed by atoms with Crippen LogP contribution in [0.3, 0.4) is 0 Å². The van der Waals surface area contributed by atoms with E-state index in [1.807, 2.05) is 13.8 Å². The van der Waals surface area contributed by atoms with Crippen molar-refractivity contribution in [2.24, 2.45) is 0 Å². The lowest BCUT2D eigenvalue weighted by Crippen LogP contribution is -2.35. The predicted molar refractivity (Wildman–Crippen MR) is 114 cm³/mol. The van der Waals surface area contributed by atoms with Gasteiger partial charge in [-0.05, 0) is 43.7 Å². The molecule has 0 atom stereocenters. The lowest BCUT2D eigenvalue weighted by Gasteiger charge is -2.21. The zero-order valence-electron chi connectivity index (χ0n) is 17.6. The number of amides is 2. The van der Waals surface area contributed by atoms with Crippen LogP contribution in [0.5, 0.6) is 11.5 Å². The molecule has 2 aromatic rings. The van der Waals surface area contributed by atoms with E-state index in [4.69, 9.17) is 9.47 Å². The molecule has 0 unspecified atom stereocenters. The lowest BCUT2D eigenvalue weighted by atomic mass is 10.0. The number of nitrogens with zero attached hydrogens (tertiary/aromatic N) is 2. The third-order valence-corrected chi connectivity index (χ3v) is 4.72. The molecule has 0 fully saturated rings. The Hall–Kier alpha value is -3.32. The van der Waals surface area contributed by atoms with E-state index in [1.54, 1.807) is 60.5 Å². The highest BCUT2D eigenvalue weighted by atomic mass is 16.5. The maximum absolute atomic E-state index is 13.4. The van der Waals surface area contributed by atoms with Crippen LogP contribution >= 0.6 is 0 Å². The van der Waals surface area contributed by atoms with Gasteiger partial charge in [-0.15, -0.1) is 0 Å². The zero-order valence-corrected chi connectivity index (χ0v) is 17.6. The number of ether oxygens (including phenoxy) is 2. The standard InChI is InChI=1S/C23H26N2O5/c1-15(2)30-17-11-9-16(10-12-17)20-21(24(3)13-14-26)23(28)25(22(20)27)18-7-5-6-8-19(18)29-4/h5-12,15,26H,13-14H2,1-4H3. The maximum Gasteiger partial charge on any atom is 0.282 e. The molecule has 0 bridgehead atoms. The fraction of sp³-hybridized carbons (Fsp3) is 0.304. The molecule has 7 nitrogen and oxygen atoms in total. The first-order valence-electron chi connectivity index (χ1n) is 9.74. The molecule has 1 aliphatic rings. The fourth-order valence-corrected chi connectivity index (χ4v) is 3.40. The van der Waals surface area contributed by atoms with Gasteiger partial charge in [0.05, 0.1) is 31.1 Å². The van der Waals surface area contributed by atoms with Crippen molar-refractivity contribution in [1.29, 1.82) is 0 Å². The summed E-state index contributed by atoms with van der Waals surface area (Å²) in [6, 6.07) is 13.9. The number of likely N-dealkylation sites (N-methyl/N-ethyl adjacent to an activating group) is 1. The normalized spacial score (nSPS) is 14.0. The van der Waals surface area contributed by atoms with Crippen LogP contribution in [0.1, 0.15) is 19.4 Å². The van der Waals surface area contributed by atoms with E-state index in [-0.39, 0.29) is 30.5 Å². The van der Waals surface area contributed by atoms with Crippen LogP contribution in [0, 0.1) is 0 Å². The van der Waals surface area contributed by atoms with E-state index in [0.717, 1.165) is 4.90 Å². The van der Waals surface area contributed by atoms with Gasteiger partial charge in [-0.1, -0.05) is 24.3 Å². The van der Waals surface area contributed by atoms with Crippen LogP contribution in [-0.2, 0) is 9.59 Å². The van der Waals surface area contributed by atoms with Crippen molar-refractivity contribution < 1.29 is 24.2 Å². The number of hydrogen-bond acceptors (Lipinski definition) is 6. The average molecular weight is 410 g/mol. The summed E-state index contributed by atoms with van der Waals surface area (Å²) < 4.78 is 11.0. The number of aliphatic hydroxyl groups excluding tert-OH is 1. The minimum atomic E-state index is -0.460. The van der Waals surface area contributed by atoms with Crippen LogP contribution in [0.15, 0.2) is 54.2 Å². The van der Waals surface area contributed by atoms with Gasteiger partial charge in [0.15, 0.2) is 0 Å². The molecule has 2 aromatic carbocycles. The molecule has 0 radical (unpaired) electrons. The Morgan fingerprint density at radius 1 is 1.03 bits per heavy atom. The number of rotatable bonds is 8. The fourth-order valence-electron chi connectivity index (χ4n) is 3.40. The minimum Gasteiger partial charge on any atom is -0.495 e. The molecule has 3 rings (SSSR count). The zero-order chi connectivity index (χ0) is 21.8. The number of carbonyl (C=O) groups excluding carboxylic acids is 2. The number of benzene rings is 2. The molecule has 0 spiro atoms.